The molecule has 0 bridgehead atoms. The van der Waals surface area contributed by atoms with E-state index in [-0.39, 0.29) is 12.0 Å². The summed E-state index contributed by atoms with van der Waals surface area (Å²) in [5.41, 5.74) is 0.119. The van der Waals surface area contributed by atoms with Crippen molar-refractivity contribution in [3.8, 4) is 0 Å². The first-order chi connectivity index (χ1) is 9.14. The molecule has 0 heterocycles. The highest BCUT2D eigenvalue weighted by atomic mass is 16.6. The Balaban J connectivity index is 0. The van der Waals surface area contributed by atoms with Crippen molar-refractivity contribution < 1.29 is 19.1 Å². The maximum absolute atomic E-state index is 11.5. The van der Waals surface area contributed by atoms with Gasteiger partial charge in [-0.05, 0) is 55.4 Å². The van der Waals surface area contributed by atoms with Gasteiger partial charge in [-0.25, -0.2) is 4.79 Å². The third-order valence-electron chi connectivity index (χ3n) is 1.47. The number of carbonyl (C=O) groups excluding carboxylic acids is 2. The predicted octanol–water partition coefficient (Wildman–Crippen LogP) is 4.20. The lowest BCUT2D eigenvalue weighted by Crippen LogP contribution is -2.27. The lowest BCUT2D eigenvalue weighted by atomic mass is 10.1. The van der Waals surface area contributed by atoms with E-state index in [0.717, 1.165) is 0 Å². The highest BCUT2D eigenvalue weighted by Crippen LogP contribution is 2.14. The van der Waals surface area contributed by atoms with E-state index in [0.29, 0.717) is 0 Å². The van der Waals surface area contributed by atoms with Gasteiger partial charge in [0.2, 0.25) is 0 Å². The molecule has 0 aromatic rings. The molecular formula is C17H30O4. The van der Waals surface area contributed by atoms with Gasteiger partial charge in [0.25, 0.3) is 0 Å². The van der Waals surface area contributed by atoms with Crippen LogP contribution in [0.5, 0.6) is 0 Å². The zero-order valence-corrected chi connectivity index (χ0v) is 14.8. The molecule has 4 nitrogen and oxygen atoms in total. The maximum atomic E-state index is 11.5. The van der Waals surface area contributed by atoms with Crippen LogP contribution in [-0.4, -0.2) is 23.1 Å². The molecule has 21 heavy (non-hydrogen) atoms. The van der Waals surface area contributed by atoms with E-state index < -0.39 is 23.1 Å². The summed E-state index contributed by atoms with van der Waals surface area (Å²) in [4.78, 5) is 23.0. The van der Waals surface area contributed by atoms with Crippen molar-refractivity contribution >= 4 is 11.9 Å². The van der Waals surface area contributed by atoms with Crippen molar-refractivity contribution in [3.63, 3.8) is 0 Å². The summed E-state index contributed by atoms with van der Waals surface area (Å²) in [5.74, 6) is -1.04. The number of allylic oxidation sites excluding steroid dienone is 1. The van der Waals surface area contributed by atoms with Crippen molar-refractivity contribution in [2.45, 2.75) is 73.0 Å². The largest absolute Gasteiger partial charge is 0.460 e. The Morgan fingerprint density at radius 2 is 1.19 bits per heavy atom. The summed E-state index contributed by atoms with van der Waals surface area (Å²) in [5, 5.41) is 0. The van der Waals surface area contributed by atoms with Crippen LogP contribution in [0.15, 0.2) is 24.3 Å². The van der Waals surface area contributed by atoms with Gasteiger partial charge < -0.3 is 9.47 Å². The van der Waals surface area contributed by atoms with Gasteiger partial charge >= 0.3 is 11.9 Å². The van der Waals surface area contributed by atoms with Crippen LogP contribution < -0.4 is 0 Å². The topological polar surface area (TPSA) is 52.6 Å². The molecule has 0 rings (SSSR count). The first-order valence-corrected chi connectivity index (χ1v) is 6.89. The molecule has 0 saturated carbocycles. The summed E-state index contributed by atoms with van der Waals surface area (Å²) in [6.45, 7) is 21.6. The number of esters is 2. The molecule has 0 spiro atoms. The summed E-state index contributed by atoms with van der Waals surface area (Å²) in [6, 6.07) is 0. The molecule has 0 aromatic heterocycles. The fourth-order valence-corrected chi connectivity index (χ4v) is 0.974. The zero-order valence-electron chi connectivity index (χ0n) is 14.8. The highest BCUT2D eigenvalue weighted by molar-refractivity contribution is 5.93. The first kappa shape index (κ1) is 21.7. The molecule has 0 aliphatic carbocycles. The Hall–Kier alpha value is -1.58. The van der Waals surface area contributed by atoms with Crippen molar-refractivity contribution in [1.82, 2.24) is 0 Å². The molecule has 0 aliphatic rings. The Morgan fingerprint density at radius 3 is 1.48 bits per heavy atom. The molecule has 4 heteroatoms. The van der Waals surface area contributed by atoms with Gasteiger partial charge in [-0.3, -0.25) is 4.79 Å². The van der Waals surface area contributed by atoms with Gasteiger partial charge in [-0.15, -0.1) is 6.58 Å². The molecule has 0 N–H and O–H groups in total. The van der Waals surface area contributed by atoms with Crippen LogP contribution in [0.4, 0.5) is 0 Å². The molecule has 0 amide bonds. The average Bonchev–Trinajstić information content (AvgIpc) is 2.09. The maximum Gasteiger partial charge on any atom is 0.334 e. The Kier molecular flexibility index (Phi) is 8.94. The third-order valence-corrected chi connectivity index (χ3v) is 1.47. The number of ether oxygens (including phenoxy) is 2. The number of hydrogen-bond acceptors (Lipinski definition) is 4. The van der Waals surface area contributed by atoms with Gasteiger partial charge in [-0.2, -0.15) is 0 Å². The van der Waals surface area contributed by atoms with Gasteiger partial charge in [0, 0.05) is 5.57 Å². The minimum Gasteiger partial charge on any atom is -0.460 e. The SMILES string of the molecule is C=C(C)C.C=C(CC(=O)OC(C)(C)C)C(=O)OC(C)(C)C. The summed E-state index contributed by atoms with van der Waals surface area (Å²) >= 11 is 0. The first-order valence-electron chi connectivity index (χ1n) is 6.89. The lowest BCUT2D eigenvalue weighted by molar-refractivity contribution is -0.157. The molecule has 0 atom stereocenters. The average molecular weight is 298 g/mol. The van der Waals surface area contributed by atoms with E-state index >= 15 is 0 Å². The van der Waals surface area contributed by atoms with E-state index in [4.69, 9.17) is 9.47 Å². The molecule has 0 radical (unpaired) electrons. The van der Waals surface area contributed by atoms with E-state index in [1.54, 1.807) is 41.5 Å². The zero-order chi connectivity index (χ0) is 17.4. The summed E-state index contributed by atoms with van der Waals surface area (Å²) in [7, 11) is 0. The van der Waals surface area contributed by atoms with Gasteiger partial charge in [0.05, 0.1) is 6.42 Å². The van der Waals surface area contributed by atoms with Crippen molar-refractivity contribution in [2.75, 3.05) is 0 Å². The second kappa shape index (κ2) is 8.65. The number of hydrogen-bond donors (Lipinski definition) is 0. The van der Waals surface area contributed by atoms with Crippen LogP contribution in [0, 0.1) is 0 Å². The normalized spacial score (nSPS) is 10.9. The van der Waals surface area contributed by atoms with Crippen LogP contribution in [-0.2, 0) is 19.1 Å². The summed E-state index contributed by atoms with van der Waals surface area (Å²) < 4.78 is 10.2. The van der Waals surface area contributed by atoms with Crippen molar-refractivity contribution in [3.05, 3.63) is 24.3 Å². The lowest BCUT2D eigenvalue weighted by Gasteiger charge is -2.22. The minimum absolute atomic E-state index is 0.106. The molecule has 122 valence electrons. The molecular weight excluding hydrogens is 268 g/mol. The monoisotopic (exact) mass is 298 g/mol. The summed E-state index contributed by atoms with van der Waals surface area (Å²) in [6.07, 6.45) is -0.147. The predicted molar refractivity (Wildman–Crippen MR) is 85.9 cm³/mol. The van der Waals surface area contributed by atoms with Crippen LogP contribution in [0.2, 0.25) is 0 Å². The number of carbonyl (C=O) groups is 2. The molecule has 0 unspecified atom stereocenters. The number of rotatable bonds is 3. The second-order valence-corrected chi connectivity index (χ2v) is 7.08. The highest BCUT2D eigenvalue weighted by Gasteiger charge is 2.23. The molecule has 0 fully saturated rings. The van der Waals surface area contributed by atoms with Crippen LogP contribution in [0.1, 0.15) is 61.8 Å². The molecule has 0 aliphatic heterocycles. The van der Waals surface area contributed by atoms with Crippen molar-refractivity contribution in [2.24, 2.45) is 0 Å². The van der Waals surface area contributed by atoms with Crippen LogP contribution >= 0.6 is 0 Å². The van der Waals surface area contributed by atoms with Crippen molar-refractivity contribution in [1.29, 1.82) is 0 Å². The molecule has 0 saturated heterocycles. The van der Waals surface area contributed by atoms with Gasteiger partial charge in [-0.1, -0.05) is 12.2 Å². The van der Waals surface area contributed by atoms with E-state index in [2.05, 4.69) is 13.2 Å². The molecule has 0 aromatic carbocycles. The minimum atomic E-state index is -0.589. The van der Waals surface area contributed by atoms with Crippen LogP contribution in [0.3, 0.4) is 0 Å². The second-order valence-electron chi connectivity index (χ2n) is 7.08. The Morgan fingerprint density at radius 1 is 0.857 bits per heavy atom. The van der Waals surface area contributed by atoms with Gasteiger partial charge in [0.15, 0.2) is 0 Å². The van der Waals surface area contributed by atoms with Gasteiger partial charge in [0.1, 0.15) is 11.2 Å². The smallest absolute Gasteiger partial charge is 0.334 e. The standard InChI is InChI=1S/C13H22O4.C4H8/c1-9(11(15)17-13(5,6)7)8-10(14)16-12(2,3)4;1-4(2)3/h1,8H2,2-7H3;1H2,2-3H3. The third kappa shape index (κ3) is 18.4. The van der Waals surface area contributed by atoms with E-state index in [1.165, 1.54) is 5.57 Å². The fourth-order valence-electron chi connectivity index (χ4n) is 0.974. The Labute approximate surface area is 129 Å². The fraction of sp³-hybridized carbons (Fsp3) is 0.647. The Bertz CT molecular complexity index is 388. The van der Waals surface area contributed by atoms with Crippen LogP contribution in [0.25, 0.3) is 0 Å². The van der Waals surface area contributed by atoms with E-state index in [9.17, 15) is 9.59 Å². The quantitative estimate of drug-likeness (QED) is 0.445. The van der Waals surface area contributed by atoms with E-state index in [1.807, 2.05) is 13.8 Å².